The fourth-order valence-electron chi connectivity index (χ4n) is 1.21. The van der Waals surface area contributed by atoms with Gasteiger partial charge in [0.25, 0.3) is 5.56 Å². The lowest BCUT2D eigenvalue weighted by Gasteiger charge is -2.04. The molecular formula is C10H10N4O. The van der Waals surface area contributed by atoms with Gasteiger partial charge in [0.15, 0.2) is 5.82 Å². The maximum atomic E-state index is 11.5. The Bertz CT molecular complexity index is 521. The summed E-state index contributed by atoms with van der Waals surface area (Å²) >= 11 is 0. The van der Waals surface area contributed by atoms with Gasteiger partial charge < -0.3 is 5.32 Å². The molecule has 0 atom stereocenters. The Balaban J connectivity index is 2.54. The molecule has 0 bridgehead atoms. The first-order chi connectivity index (χ1) is 7.31. The van der Waals surface area contributed by atoms with Crippen LogP contribution in [0.25, 0.3) is 5.82 Å². The van der Waals surface area contributed by atoms with Gasteiger partial charge in [-0.1, -0.05) is 6.07 Å². The molecule has 0 aliphatic carbocycles. The monoisotopic (exact) mass is 202 g/mol. The van der Waals surface area contributed by atoms with Gasteiger partial charge in [-0.3, -0.25) is 14.3 Å². The van der Waals surface area contributed by atoms with Crippen molar-refractivity contribution in [2.75, 3.05) is 12.4 Å². The molecule has 0 amide bonds. The molecule has 2 aromatic heterocycles. The Hall–Kier alpha value is -2.17. The molecule has 0 saturated carbocycles. The average Bonchev–Trinajstić information content (AvgIpc) is 2.30. The maximum Gasteiger partial charge on any atom is 0.256 e. The summed E-state index contributed by atoms with van der Waals surface area (Å²) in [5, 5.41) is 2.87. The molecular weight excluding hydrogens is 192 g/mol. The number of pyridine rings is 1. The van der Waals surface area contributed by atoms with E-state index >= 15 is 0 Å². The molecule has 0 aliphatic heterocycles. The summed E-state index contributed by atoms with van der Waals surface area (Å²) in [4.78, 5) is 19.7. The van der Waals surface area contributed by atoms with Gasteiger partial charge in [-0.05, 0) is 6.07 Å². The van der Waals surface area contributed by atoms with Gasteiger partial charge in [0, 0.05) is 19.3 Å². The molecule has 0 radical (unpaired) electrons. The zero-order chi connectivity index (χ0) is 10.7. The molecule has 0 spiro atoms. The Morgan fingerprint density at radius 1 is 1.33 bits per heavy atom. The third-order valence-corrected chi connectivity index (χ3v) is 1.95. The largest absolute Gasteiger partial charge is 0.372 e. The molecule has 0 unspecified atom stereocenters. The van der Waals surface area contributed by atoms with Gasteiger partial charge in [0.05, 0.1) is 12.4 Å². The lowest BCUT2D eigenvalue weighted by atomic mass is 10.4. The van der Waals surface area contributed by atoms with Gasteiger partial charge in [-0.15, -0.1) is 0 Å². The number of nitrogens with zero attached hydrogens (tertiary/aromatic N) is 3. The molecule has 2 rings (SSSR count). The van der Waals surface area contributed by atoms with Crippen LogP contribution in [0, 0.1) is 0 Å². The van der Waals surface area contributed by atoms with Crippen LogP contribution in [0.3, 0.4) is 0 Å². The highest BCUT2D eigenvalue weighted by atomic mass is 16.1. The highest BCUT2D eigenvalue weighted by Crippen LogP contribution is 2.03. The van der Waals surface area contributed by atoms with Crippen LogP contribution in [-0.4, -0.2) is 21.6 Å². The molecule has 5 nitrogen and oxygen atoms in total. The number of anilines is 1. The molecule has 0 aromatic carbocycles. The second-order valence-corrected chi connectivity index (χ2v) is 2.92. The number of hydrogen-bond donors (Lipinski definition) is 1. The lowest BCUT2D eigenvalue weighted by Crippen LogP contribution is -2.17. The normalized spacial score (nSPS) is 9.93. The summed E-state index contributed by atoms with van der Waals surface area (Å²) < 4.78 is 1.44. The van der Waals surface area contributed by atoms with Crippen molar-refractivity contribution in [1.29, 1.82) is 0 Å². The number of rotatable bonds is 2. The molecule has 2 heterocycles. The lowest BCUT2D eigenvalue weighted by molar-refractivity contribution is 0.926. The van der Waals surface area contributed by atoms with Crippen molar-refractivity contribution in [3.8, 4) is 5.82 Å². The molecule has 0 fully saturated rings. The van der Waals surface area contributed by atoms with Gasteiger partial charge in [0.1, 0.15) is 5.82 Å². The maximum absolute atomic E-state index is 11.5. The SMILES string of the molecule is CNc1cncc(-n2ccccc2=O)n1. The first kappa shape index (κ1) is 9.39. The molecule has 1 N–H and O–H groups in total. The van der Waals surface area contributed by atoms with E-state index in [1.54, 1.807) is 37.8 Å². The van der Waals surface area contributed by atoms with Crippen LogP contribution in [0.15, 0.2) is 41.6 Å². The van der Waals surface area contributed by atoms with E-state index < -0.39 is 0 Å². The summed E-state index contributed by atoms with van der Waals surface area (Å²) in [5.74, 6) is 1.13. The molecule has 5 heteroatoms. The fraction of sp³-hybridized carbons (Fsp3) is 0.100. The highest BCUT2D eigenvalue weighted by molar-refractivity contribution is 5.35. The number of aromatic nitrogens is 3. The minimum absolute atomic E-state index is 0.125. The quantitative estimate of drug-likeness (QED) is 0.777. The van der Waals surface area contributed by atoms with E-state index in [9.17, 15) is 4.79 Å². The summed E-state index contributed by atoms with van der Waals surface area (Å²) in [5.41, 5.74) is -0.125. The number of hydrogen-bond acceptors (Lipinski definition) is 4. The smallest absolute Gasteiger partial charge is 0.256 e. The fourth-order valence-corrected chi connectivity index (χ4v) is 1.21. The molecule has 0 saturated heterocycles. The molecule has 76 valence electrons. The predicted molar refractivity (Wildman–Crippen MR) is 57.2 cm³/mol. The van der Waals surface area contributed by atoms with Crippen LogP contribution in [-0.2, 0) is 0 Å². The highest BCUT2D eigenvalue weighted by Gasteiger charge is 2.00. The Morgan fingerprint density at radius 3 is 2.93 bits per heavy atom. The van der Waals surface area contributed by atoms with Crippen LogP contribution < -0.4 is 10.9 Å². The van der Waals surface area contributed by atoms with Crippen molar-refractivity contribution in [2.24, 2.45) is 0 Å². The minimum atomic E-state index is -0.125. The summed E-state index contributed by atoms with van der Waals surface area (Å²) in [6.45, 7) is 0. The van der Waals surface area contributed by atoms with E-state index in [1.807, 2.05) is 0 Å². The Morgan fingerprint density at radius 2 is 2.20 bits per heavy atom. The van der Waals surface area contributed by atoms with Crippen molar-refractivity contribution < 1.29 is 0 Å². The van der Waals surface area contributed by atoms with Crippen molar-refractivity contribution >= 4 is 5.82 Å². The van der Waals surface area contributed by atoms with Crippen molar-refractivity contribution in [2.45, 2.75) is 0 Å². The van der Waals surface area contributed by atoms with E-state index in [0.29, 0.717) is 11.6 Å². The zero-order valence-corrected chi connectivity index (χ0v) is 8.21. The summed E-state index contributed by atoms with van der Waals surface area (Å²) in [6.07, 6.45) is 4.80. The van der Waals surface area contributed by atoms with Crippen LogP contribution in [0.5, 0.6) is 0 Å². The first-order valence-corrected chi connectivity index (χ1v) is 4.49. The van der Waals surface area contributed by atoms with Crippen LogP contribution in [0.2, 0.25) is 0 Å². The topological polar surface area (TPSA) is 59.8 Å². The van der Waals surface area contributed by atoms with Crippen LogP contribution in [0.1, 0.15) is 0 Å². The number of nitrogens with one attached hydrogen (secondary N) is 1. The van der Waals surface area contributed by atoms with Crippen LogP contribution >= 0.6 is 0 Å². The second kappa shape index (κ2) is 3.91. The van der Waals surface area contributed by atoms with E-state index in [1.165, 1.54) is 10.6 Å². The first-order valence-electron chi connectivity index (χ1n) is 4.49. The standard InChI is InChI=1S/C10H10N4O/c1-11-8-6-12-7-9(13-8)14-5-3-2-4-10(14)15/h2-7H,1H3,(H,11,13). The molecule has 2 aromatic rings. The minimum Gasteiger partial charge on any atom is -0.372 e. The predicted octanol–water partition coefficient (Wildman–Crippen LogP) is 0.669. The van der Waals surface area contributed by atoms with E-state index in [4.69, 9.17) is 0 Å². The van der Waals surface area contributed by atoms with Crippen molar-refractivity contribution in [3.63, 3.8) is 0 Å². The van der Waals surface area contributed by atoms with Gasteiger partial charge >= 0.3 is 0 Å². The van der Waals surface area contributed by atoms with Gasteiger partial charge in [-0.25, -0.2) is 4.98 Å². The Labute approximate surface area is 86.4 Å². The molecule has 0 aliphatic rings. The van der Waals surface area contributed by atoms with Crippen LogP contribution in [0.4, 0.5) is 5.82 Å². The zero-order valence-electron chi connectivity index (χ0n) is 8.21. The van der Waals surface area contributed by atoms with E-state index in [0.717, 1.165) is 0 Å². The summed E-state index contributed by atoms with van der Waals surface area (Å²) in [7, 11) is 1.75. The second-order valence-electron chi connectivity index (χ2n) is 2.92. The summed E-state index contributed by atoms with van der Waals surface area (Å²) in [6, 6.07) is 4.94. The third kappa shape index (κ3) is 1.85. The van der Waals surface area contributed by atoms with Crippen molar-refractivity contribution in [3.05, 3.63) is 47.1 Å². The van der Waals surface area contributed by atoms with E-state index in [-0.39, 0.29) is 5.56 Å². The van der Waals surface area contributed by atoms with Gasteiger partial charge in [-0.2, -0.15) is 0 Å². The van der Waals surface area contributed by atoms with E-state index in [2.05, 4.69) is 15.3 Å². The third-order valence-electron chi connectivity index (χ3n) is 1.95. The Kier molecular flexibility index (Phi) is 2.45. The molecule has 15 heavy (non-hydrogen) atoms. The average molecular weight is 202 g/mol. The van der Waals surface area contributed by atoms with Crippen molar-refractivity contribution in [1.82, 2.24) is 14.5 Å². The van der Waals surface area contributed by atoms with Gasteiger partial charge in [0.2, 0.25) is 0 Å².